The van der Waals surface area contributed by atoms with Crippen LogP contribution in [0.25, 0.3) is 0 Å². The highest BCUT2D eigenvalue weighted by molar-refractivity contribution is 7.92. The summed E-state index contributed by atoms with van der Waals surface area (Å²) in [5.41, 5.74) is 1.80. The molecule has 41 heavy (non-hydrogen) atoms. The molecule has 0 heterocycles. The van der Waals surface area contributed by atoms with Crippen molar-refractivity contribution in [1.29, 1.82) is 0 Å². The van der Waals surface area contributed by atoms with E-state index in [1.807, 2.05) is 27.7 Å². The van der Waals surface area contributed by atoms with Crippen molar-refractivity contribution in [2.45, 2.75) is 64.1 Å². The van der Waals surface area contributed by atoms with E-state index in [0.29, 0.717) is 22.8 Å². The van der Waals surface area contributed by atoms with Gasteiger partial charge in [-0.3, -0.25) is 13.9 Å². The highest BCUT2D eigenvalue weighted by Gasteiger charge is 2.34. The van der Waals surface area contributed by atoms with E-state index in [0.717, 1.165) is 16.3 Å². The Morgan fingerprint density at radius 1 is 0.976 bits per heavy atom. The molecular formula is C31H38ClN3O5S. The molecule has 3 rings (SSSR count). The normalized spacial score (nSPS) is 12.7. The third kappa shape index (κ3) is 8.01. The maximum atomic E-state index is 14.2. The van der Waals surface area contributed by atoms with Gasteiger partial charge in [0.1, 0.15) is 18.3 Å². The Morgan fingerprint density at radius 2 is 1.66 bits per heavy atom. The number of halogens is 1. The van der Waals surface area contributed by atoms with E-state index < -0.39 is 28.5 Å². The Bertz CT molecular complexity index is 1450. The number of nitrogens with one attached hydrogen (secondary N) is 1. The molecule has 2 amide bonds. The molecule has 0 aliphatic rings. The summed E-state index contributed by atoms with van der Waals surface area (Å²) in [4.78, 5) is 29.0. The van der Waals surface area contributed by atoms with Crippen LogP contribution in [0, 0.1) is 6.92 Å². The van der Waals surface area contributed by atoms with E-state index in [2.05, 4.69) is 5.32 Å². The van der Waals surface area contributed by atoms with Crippen molar-refractivity contribution in [3.8, 4) is 5.75 Å². The minimum absolute atomic E-state index is 0.0292. The smallest absolute Gasteiger partial charge is 0.264 e. The number of carbonyl (C=O) groups excluding carboxylic acids is 2. The van der Waals surface area contributed by atoms with Gasteiger partial charge in [-0.05, 0) is 62.6 Å². The fourth-order valence-corrected chi connectivity index (χ4v) is 5.90. The number of benzene rings is 3. The van der Waals surface area contributed by atoms with Crippen molar-refractivity contribution in [3.05, 3.63) is 88.9 Å². The standard InChI is InChI=1S/C31H38ClN3O5S/c1-6-23(4)33-31(37)29(7-2)34(20-24-11-8-9-14-28(24)32)30(36)21-35(25-12-10-13-26(19-25)40-5)41(38,39)27-17-15-22(3)16-18-27/h8-19,23,29H,6-7,20-21H2,1-5H3,(H,33,37)/t23-,29+/m0/s1. The predicted molar refractivity (Wildman–Crippen MR) is 163 cm³/mol. The number of rotatable bonds is 13. The summed E-state index contributed by atoms with van der Waals surface area (Å²) in [7, 11) is -2.70. The van der Waals surface area contributed by atoms with Crippen molar-refractivity contribution in [2.75, 3.05) is 18.0 Å². The van der Waals surface area contributed by atoms with E-state index >= 15 is 0 Å². The van der Waals surface area contributed by atoms with Gasteiger partial charge >= 0.3 is 0 Å². The van der Waals surface area contributed by atoms with Gasteiger partial charge in [-0.15, -0.1) is 0 Å². The predicted octanol–water partition coefficient (Wildman–Crippen LogP) is 5.57. The van der Waals surface area contributed by atoms with Crippen molar-refractivity contribution < 1.29 is 22.7 Å². The molecule has 0 bridgehead atoms. The van der Waals surface area contributed by atoms with E-state index in [1.165, 1.54) is 24.1 Å². The Kier molecular flexibility index (Phi) is 11.2. The lowest BCUT2D eigenvalue weighted by Gasteiger charge is -2.34. The maximum Gasteiger partial charge on any atom is 0.264 e. The first-order chi connectivity index (χ1) is 19.5. The van der Waals surface area contributed by atoms with Crippen molar-refractivity contribution in [3.63, 3.8) is 0 Å². The molecule has 0 aromatic heterocycles. The van der Waals surface area contributed by atoms with Crippen molar-refractivity contribution in [2.24, 2.45) is 0 Å². The van der Waals surface area contributed by atoms with Gasteiger partial charge in [0.25, 0.3) is 10.0 Å². The maximum absolute atomic E-state index is 14.2. The number of methoxy groups -OCH3 is 1. The fraction of sp³-hybridized carbons (Fsp3) is 0.355. The summed E-state index contributed by atoms with van der Waals surface area (Å²) in [6, 6.07) is 19.1. The molecule has 3 aromatic carbocycles. The Balaban J connectivity index is 2.09. The van der Waals surface area contributed by atoms with E-state index in [4.69, 9.17) is 16.3 Å². The number of amides is 2. The first kappa shape index (κ1) is 32.0. The monoisotopic (exact) mass is 599 g/mol. The third-order valence-corrected chi connectivity index (χ3v) is 9.07. The lowest BCUT2D eigenvalue weighted by Crippen LogP contribution is -2.53. The number of nitrogens with zero attached hydrogens (tertiary/aromatic N) is 2. The van der Waals surface area contributed by atoms with Crippen LogP contribution in [0.2, 0.25) is 5.02 Å². The quantitative estimate of drug-likeness (QED) is 0.277. The molecule has 0 unspecified atom stereocenters. The SMILES string of the molecule is CC[C@H](C(=O)N[C@@H](C)CC)N(Cc1ccccc1Cl)C(=O)CN(c1cccc(OC)c1)S(=O)(=O)c1ccc(C)cc1. The van der Waals surface area contributed by atoms with E-state index in [1.54, 1.807) is 60.7 Å². The molecule has 0 aliphatic carbocycles. The highest BCUT2D eigenvalue weighted by atomic mass is 35.5. The minimum atomic E-state index is -4.18. The summed E-state index contributed by atoms with van der Waals surface area (Å²) < 4.78 is 34.4. The molecule has 2 atom stereocenters. The van der Waals surface area contributed by atoms with Gasteiger partial charge < -0.3 is 15.0 Å². The van der Waals surface area contributed by atoms with Crippen LogP contribution in [-0.2, 0) is 26.2 Å². The molecule has 8 nitrogen and oxygen atoms in total. The second kappa shape index (κ2) is 14.4. The van der Waals surface area contributed by atoms with E-state index in [9.17, 15) is 18.0 Å². The Morgan fingerprint density at radius 3 is 2.27 bits per heavy atom. The van der Waals surface area contributed by atoms with Crippen LogP contribution < -0.4 is 14.4 Å². The van der Waals surface area contributed by atoms with Crippen LogP contribution in [0.3, 0.4) is 0 Å². The molecule has 220 valence electrons. The summed E-state index contributed by atoms with van der Waals surface area (Å²) in [6.45, 7) is 7.02. The van der Waals surface area contributed by atoms with Gasteiger partial charge in [-0.1, -0.05) is 67.4 Å². The van der Waals surface area contributed by atoms with Crippen molar-refractivity contribution in [1.82, 2.24) is 10.2 Å². The zero-order valence-electron chi connectivity index (χ0n) is 24.1. The number of hydrogen-bond acceptors (Lipinski definition) is 5. The summed E-state index contributed by atoms with van der Waals surface area (Å²) in [5.74, 6) is -0.419. The third-order valence-electron chi connectivity index (χ3n) is 6.91. The van der Waals surface area contributed by atoms with Crippen molar-refractivity contribution >= 4 is 39.1 Å². The van der Waals surface area contributed by atoms with E-state index in [-0.39, 0.29) is 29.1 Å². The molecule has 0 saturated carbocycles. The van der Waals surface area contributed by atoms with Gasteiger partial charge in [-0.25, -0.2) is 8.42 Å². The highest BCUT2D eigenvalue weighted by Crippen LogP contribution is 2.28. The lowest BCUT2D eigenvalue weighted by molar-refractivity contribution is -0.140. The zero-order valence-corrected chi connectivity index (χ0v) is 25.7. The second-order valence-corrected chi connectivity index (χ2v) is 12.2. The number of carbonyl (C=O) groups is 2. The van der Waals surface area contributed by atoms with Gasteiger partial charge in [0.2, 0.25) is 11.8 Å². The number of aryl methyl sites for hydroxylation is 1. The van der Waals surface area contributed by atoms with Gasteiger partial charge in [0.05, 0.1) is 17.7 Å². The fourth-order valence-electron chi connectivity index (χ4n) is 4.30. The van der Waals surface area contributed by atoms with Gasteiger partial charge in [0.15, 0.2) is 0 Å². The molecule has 0 radical (unpaired) electrons. The average molecular weight is 600 g/mol. The number of anilines is 1. The zero-order chi connectivity index (χ0) is 30.2. The summed E-state index contributed by atoms with van der Waals surface area (Å²) >= 11 is 6.45. The first-order valence-electron chi connectivity index (χ1n) is 13.6. The largest absolute Gasteiger partial charge is 0.497 e. The molecule has 0 aliphatic heterocycles. The Hall–Kier alpha value is -3.56. The molecule has 1 N–H and O–H groups in total. The average Bonchev–Trinajstić information content (AvgIpc) is 2.96. The lowest BCUT2D eigenvalue weighted by atomic mass is 10.1. The Labute approximate surface area is 248 Å². The summed E-state index contributed by atoms with van der Waals surface area (Å²) in [5, 5.41) is 3.41. The van der Waals surface area contributed by atoms with Crippen LogP contribution in [0.15, 0.2) is 77.7 Å². The molecule has 0 spiro atoms. The van der Waals surface area contributed by atoms with Gasteiger partial charge in [-0.2, -0.15) is 0 Å². The van der Waals surface area contributed by atoms with Crippen LogP contribution in [-0.4, -0.2) is 50.9 Å². The molecule has 0 saturated heterocycles. The second-order valence-electron chi connectivity index (χ2n) is 9.88. The number of hydrogen-bond donors (Lipinski definition) is 1. The molecule has 3 aromatic rings. The topological polar surface area (TPSA) is 96.0 Å². The molecule has 10 heteroatoms. The molecular weight excluding hydrogens is 562 g/mol. The summed E-state index contributed by atoms with van der Waals surface area (Å²) in [6.07, 6.45) is 1.04. The van der Waals surface area contributed by atoms with Gasteiger partial charge in [0, 0.05) is 23.7 Å². The van der Waals surface area contributed by atoms with Crippen LogP contribution >= 0.6 is 11.6 Å². The number of ether oxygens (including phenoxy) is 1. The molecule has 0 fully saturated rings. The first-order valence-corrected chi connectivity index (χ1v) is 15.4. The number of sulfonamides is 1. The van der Waals surface area contributed by atoms with Crippen LogP contribution in [0.1, 0.15) is 44.7 Å². The minimum Gasteiger partial charge on any atom is -0.497 e. The van der Waals surface area contributed by atoms with Crippen LogP contribution in [0.5, 0.6) is 5.75 Å². The van der Waals surface area contributed by atoms with Crippen LogP contribution in [0.4, 0.5) is 5.69 Å².